The van der Waals surface area contributed by atoms with Crippen LogP contribution in [-0.2, 0) is 7.05 Å². The van der Waals surface area contributed by atoms with E-state index in [9.17, 15) is 0 Å². The Balaban J connectivity index is 2.63. The number of imidazole rings is 1. The monoisotopic (exact) mass is 162 g/mol. The maximum Gasteiger partial charge on any atom is 0.161 e. The van der Waals surface area contributed by atoms with Crippen LogP contribution in [0.15, 0.2) is 17.4 Å². The minimum absolute atomic E-state index is 0.711. The van der Waals surface area contributed by atoms with Crippen molar-refractivity contribution in [2.75, 3.05) is 0 Å². The molecular weight excluding hydrogens is 152 g/mol. The van der Waals surface area contributed by atoms with E-state index in [1.54, 1.807) is 6.33 Å². The average molecular weight is 162 g/mol. The quantitative estimate of drug-likeness (QED) is 0.614. The van der Waals surface area contributed by atoms with Crippen molar-refractivity contribution in [2.24, 2.45) is 17.8 Å². The van der Waals surface area contributed by atoms with E-state index in [2.05, 4.69) is 9.98 Å². The summed E-state index contributed by atoms with van der Waals surface area (Å²) in [5.74, 6) is 0.834. The average Bonchev–Trinajstić information content (AvgIpc) is 2.30. The Morgan fingerprint density at radius 3 is 3.25 bits per heavy atom. The highest BCUT2D eigenvalue weighted by molar-refractivity contribution is 5.77. The molecule has 0 amide bonds. The molecule has 0 aliphatic carbocycles. The molecular formula is C8H10N4. The van der Waals surface area contributed by atoms with Crippen LogP contribution in [0.1, 0.15) is 12.1 Å². The van der Waals surface area contributed by atoms with E-state index in [1.807, 2.05) is 23.9 Å². The molecule has 1 aliphatic heterocycles. The third-order valence-electron chi connectivity index (χ3n) is 1.84. The molecule has 0 saturated heterocycles. The molecule has 0 radical (unpaired) electrons. The Labute approximate surface area is 70.4 Å². The van der Waals surface area contributed by atoms with Crippen molar-refractivity contribution in [3.8, 4) is 0 Å². The van der Waals surface area contributed by atoms with Gasteiger partial charge in [0.2, 0.25) is 0 Å². The smallest absolute Gasteiger partial charge is 0.161 e. The summed E-state index contributed by atoms with van der Waals surface area (Å²) in [4.78, 5) is 8.39. The topological polar surface area (TPSA) is 56.2 Å². The number of nitrogens with two attached hydrogens (primary N) is 1. The van der Waals surface area contributed by atoms with Gasteiger partial charge in [-0.1, -0.05) is 6.08 Å². The molecule has 0 spiro atoms. The van der Waals surface area contributed by atoms with E-state index in [-0.39, 0.29) is 0 Å². The van der Waals surface area contributed by atoms with Gasteiger partial charge in [-0.2, -0.15) is 0 Å². The first kappa shape index (κ1) is 7.09. The molecule has 1 aromatic heterocycles. The Hall–Kier alpha value is -1.58. The number of rotatable bonds is 0. The molecule has 4 nitrogen and oxygen atoms in total. The zero-order valence-corrected chi connectivity index (χ0v) is 6.86. The van der Waals surface area contributed by atoms with Gasteiger partial charge in [-0.15, -0.1) is 0 Å². The summed E-state index contributed by atoms with van der Waals surface area (Å²) >= 11 is 0. The van der Waals surface area contributed by atoms with Crippen LogP contribution in [0.5, 0.6) is 0 Å². The molecule has 0 bridgehead atoms. The molecule has 1 aliphatic rings. The van der Waals surface area contributed by atoms with Gasteiger partial charge in [-0.25, -0.2) is 9.98 Å². The Morgan fingerprint density at radius 1 is 1.58 bits per heavy atom. The maximum atomic E-state index is 5.76. The number of fused-ring (bicyclic) bond motifs is 1. The summed E-state index contributed by atoms with van der Waals surface area (Å²) in [6.45, 7) is 0. The summed E-state index contributed by atoms with van der Waals surface area (Å²) in [6.07, 6.45) is 6.25. The second kappa shape index (κ2) is 2.48. The fraction of sp³-hybridized carbons (Fsp3) is 0.250. The minimum Gasteiger partial charge on any atom is -0.397 e. The third-order valence-corrected chi connectivity index (χ3v) is 1.84. The maximum absolute atomic E-state index is 5.76. The number of allylic oxidation sites excluding steroid dienone is 1. The first-order valence-corrected chi connectivity index (χ1v) is 3.79. The lowest BCUT2D eigenvalue weighted by Crippen LogP contribution is -1.96. The predicted octanol–water partition coefficient (Wildman–Crippen LogP) is 0.826. The van der Waals surface area contributed by atoms with Crippen LogP contribution in [0, 0.1) is 0 Å². The van der Waals surface area contributed by atoms with E-state index < -0.39 is 0 Å². The third kappa shape index (κ3) is 0.922. The van der Waals surface area contributed by atoms with Crippen molar-refractivity contribution in [3.05, 3.63) is 18.1 Å². The molecule has 62 valence electrons. The van der Waals surface area contributed by atoms with Gasteiger partial charge in [0.1, 0.15) is 5.69 Å². The molecule has 2 heterocycles. The van der Waals surface area contributed by atoms with Crippen LogP contribution < -0.4 is 5.73 Å². The van der Waals surface area contributed by atoms with Crippen LogP contribution in [-0.4, -0.2) is 15.8 Å². The zero-order chi connectivity index (χ0) is 8.55. The van der Waals surface area contributed by atoms with E-state index in [4.69, 9.17) is 5.73 Å². The largest absolute Gasteiger partial charge is 0.397 e. The number of nitrogens with zero attached hydrogens (tertiary/aromatic N) is 3. The number of hydrogen-bond donors (Lipinski definition) is 1. The molecule has 1 aromatic rings. The standard InChI is InChI=1S/C8H10N4/c1-12-5-11-7-6(9)3-2-4-10-8(7)12/h3-5H,2,9H2,1H3. The lowest BCUT2D eigenvalue weighted by molar-refractivity contribution is 0.912. The SMILES string of the molecule is Cn1cnc2c1N=CCC=C2N. The summed E-state index contributed by atoms with van der Waals surface area (Å²) in [5.41, 5.74) is 7.26. The Morgan fingerprint density at radius 2 is 2.42 bits per heavy atom. The Bertz CT molecular complexity index is 359. The second-order valence-electron chi connectivity index (χ2n) is 2.73. The fourth-order valence-electron chi connectivity index (χ4n) is 1.20. The van der Waals surface area contributed by atoms with Crippen LogP contribution in [0.4, 0.5) is 5.82 Å². The lowest BCUT2D eigenvalue weighted by atomic mass is 10.3. The van der Waals surface area contributed by atoms with Crippen molar-refractivity contribution in [1.82, 2.24) is 9.55 Å². The second-order valence-corrected chi connectivity index (χ2v) is 2.73. The highest BCUT2D eigenvalue weighted by Gasteiger charge is 2.10. The molecule has 0 fully saturated rings. The van der Waals surface area contributed by atoms with Crippen LogP contribution in [0.3, 0.4) is 0 Å². The Kier molecular flexibility index (Phi) is 1.46. The first-order valence-electron chi connectivity index (χ1n) is 3.79. The van der Waals surface area contributed by atoms with Crippen LogP contribution >= 0.6 is 0 Å². The summed E-state index contributed by atoms with van der Waals surface area (Å²) < 4.78 is 1.86. The molecule has 0 saturated carbocycles. The number of aliphatic imine (C=N–C) groups is 1. The van der Waals surface area contributed by atoms with E-state index in [0.29, 0.717) is 5.70 Å². The highest BCUT2D eigenvalue weighted by Crippen LogP contribution is 2.23. The van der Waals surface area contributed by atoms with Crippen molar-refractivity contribution >= 4 is 17.7 Å². The summed E-state index contributed by atoms with van der Waals surface area (Å²) in [5, 5.41) is 0. The number of hydrogen-bond acceptors (Lipinski definition) is 3. The molecule has 12 heavy (non-hydrogen) atoms. The normalized spacial score (nSPS) is 15.2. The molecule has 4 heteroatoms. The van der Waals surface area contributed by atoms with Crippen molar-refractivity contribution in [3.63, 3.8) is 0 Å². The van der Waals surface area contributed by atoms with E-state index in [0.717, 1.165) is 17.9 Å². The fourth-order valence-corrected chi connectivity index (χ4v) is 1.20. The van der Waals surface area contributed by atoms with Crippen molar-refractivity contribution in [1.29, 1.82) is 0 Å². The van der Waals surface area contributed by atoms with Gasteiger partial charge in [0.25, 0.3) is 0 Å². The lowest BCUT2D eigenvalue weighted by Gasteiger charge is -1.96. The zero-order valence-electron chi connectivity index (χ0n) is 6.86. The van der Waals surface area contributed by atoms with Crippen LogP contribution in [0.25, 0.3) is 5.70 Å². The molecule has 0 atom stereocenters. The number of aryl methyl sites for hydroxylation is 1. The van der Waals surface area contributed by atoms with Crippen LogP contribution in [0.2, 0.25) is 0 Å². The van der Waals surface area contributed by atoms with Gasteiger partial charge in [0, 0.05) is 19.7 Å². The molecule has 2 rings (SSSR count). The van der Waals surface area contributed by atoms with E-state index >= 15 is 0 Å². The number of aromatic nitrogens is 2. The molecule has 0 aromatic carbocycles. The highest BCUT2D eigenvalue weighted by atomic mass is 15.1. The first-order chi connectivity index (χ1) is 5.79. The summed E-state index contributed by atoms with van der Waals surface area (Å²) in [7, 11) is 1.90. The van der Waals surface area contributed by atoms with Crippen molar-refractivity contribution in [2.45, 2.75) is 6.42 Å². The van der Waals surface area contributed by atoms with Gasteiger partial charge in [-0.3, -0.25) is 0 Å². The van der Waals surface area contributed by atoms with Gasteiger partial charge in [0.05, 0.1) is 12.0 Å². The van der Waals surface area contributed by atoms with E-state index in [1.165, 1.54) is 0 Å². The molecule has 0 unspecified atom stereocenters. The van der Waals surface area contributed by atoms with Gasteiger partial charge >= 0.3 is 0 Å². The van der Waals surface area contributed by atoms with Crippen molar-refractivity contribution < 1.29 is 0 Å². The predicted molar refractivity (Wildman–Crippen MR) is 48.1 cm³/mol. The minimum atomic E-state index is 0.711. The van der Waals surface area contributed by atoms with Gasteiger partial charge < -0.3 is 10.3 Å². The summed E-state index contributed by atoms with van der Waals surface area (Å²) in [6, 6.07) is 0. The molecule has 2 N–H and O–H groups in total. The van der Waals surface area contributed by atoms with Gasteiger partial charge in [-0.05, 0) is 0 Å². The van der Waals surface area contributed by atoms with Gasteiger partial charge in [0.15, 0.2) is 5.82 Å².